The van der Waals surface area contributed by atoms with Gasteiger partial charge in [-0.15, -0.1) is 15.0 Å². The lowest BCUT2D eigenvalue weighted by molar-refractivity contribution is 0.0689. The van der Waals surface area contributed by atoms with Crippen LogP contribution >= 0.6 is 27.5 Å². The average molecular weight is 303 g/mol. The van der Waals surface area contributed by atoms with E-state index in [1.165, 1.54) is 4.80 Å². The highest BCUT2D eigenvalue weighted by atomic mass is 79.9. The Hall–Kier alpha value is -1.40. The molecule has 0 spiro atoms. The van der Waals surface area contributed by atoms with E-state index in [0.29, 0.717) is 10.7 Å². The molecule has 16 heavy (non-hydrogen) atoms. The van der Waals surface area contributed by atoms with Gasteiger partial charge in [0.2, 0.25) is 5.69 Å². The summed E-state index contributed by atoms with van der Waals surface area (Å²) in [6.45, 7) is 0. The maximum absolute atomic E-state index is 10.8. The summed E-state index contributed by atoms with van der Waals surface area (Å²) < 4.78 is 0.190. The van der Waals surface area contributed by atoms with Gasteiger partial charge in [-0.3, -0.25) is 0 Å². The van der Waals surface area contributed by atoms with E-state index in [9.17, 15) is 4.79 Å². The van der Waals surface area contributed by atoms with Gasteiger partial charge in [-0.1, -0.05) is 11.6 Å². The summed E-state index contributed by atoms with van der Waals surface area (Å²) in [5, 5.41) is 17.1. The van der Waals surface area contributed by atoms with Crippen LogP contribution in [0.5, 0.6) is 0 Å². The van der Waals surface area contributed by atoms with Crippen LogP contribution in [0.2, 0.25) is 5.02 Å². The Morgan fingerprint density at radius 3 is 2.44 bits per heavy atom. The molecule has 0 fully saturated rings. The molecule has 0 aliphatic heterocycles. The predicted octanol–water partition coefficient (Wildman–Crippen LogP) is 2.38. The molecule has 1 heterocycles. The lowest BCUT2D eigenvalue weighted by Crippen LogP contribution is -2.02. The minimum absolute atomic E-state index is 0.130. The van der Waals surface area contributed by atoms with Crippen LogP contribution in [0, 0.1) is 0 Å². The Kier molecular flexibility index (Phi) is 2.93. The van der Waals surface area contributed by atoms with Gasteiger partial charge >= 0.3 is 5.97 Å². The monoisotopic (exact) mass is 301 g/mol. The fourth-order valence-corrected chi connectivity index (χ4v) is 1.63. The number of aromatic nitrogens is 3. The van der Waals surface area contributed by atoms with Crippen LogP contribution in [-0.2, 0) is 0 Å². The van der Waals surface area contributed by atoms with Crippen molar-refractivity contribution in [1.29, 1.82) is 0 Å². The molecule has 82 valence electrons. The zero-order valence-corrected chi connectivity index (χ0v) is 10.1. The summed E-state index contributed by atoms with van der Waals surface area (Å²) in [6.07, 6.45) is 0. The van der Waals surface area contributed by atoms with Crippen LogP contribution < -0.4 is 0 Å². The maximum Gasteiger partial charge on any atom is 0.359 e. The second kappa shape index (κ2) is 4.23. The number of carboxylic acids is 1. The van der Waals surface area contributed by atoms with Crippen LogP contribution in [-0.4, -0.2) is 26.1 Å². The summed E-state index contributed by atoms with van der Waals surface area (Å²) in [5.74, 6) is -1.13. The van der Waals surface area contributed by atoms with E-state index in [4.69, 9.17) is 16.7 Å². The summed E-state index contributed by atoms with van der Waals surface area (Å²) in [5.41, 5.74) is 0.507. The molecule has 5 nitrogen and oxygen atoms in total. The quantitative estimate of drug-likeness (QED) is 0.925. The zero-order valence-electron chi connectivity index (χ0n) is 7.76. The van der Waals surface area contributed by atoms with Crippen molar-refractivity contribution < 1.29 is 9.90 Å². The van der Waals surface area contributed by atoms with E-state index in [1.54, 1.807) is 24.3 Å². The standard InChI is InChI=1S/C9H5BrClN3O2/c10-8-7(9(15)16)12-14(13-8)6-3-1-5(11)2-4-6/h1-4H,(H,15,16). The largest absolute Gasteiger partial charge is 0.476 e. The van der Waals surface area contributed by atoms with E-state index in [1.807, 2.05) is 0 Å². The first-order valence-electron chi connectivity index (χ1n) is 4.20. The molecule has 0 unspecified atom stereocenters. The Balaban J connectivity index is 2.45. The summed E-state index contributed by atoms with van der Waals surface area (Å²) in [4.78, 5) is 12.0. The molecule has 0 saturated carbocycles. The van der Waals surface area contributed by atoms with Gasteiger partial charge in [-0.05, 0) is 40.2 Å². The Morgan fingerprint density at radius 2 is 1.94 bits per heavy atom. The zero-order chi connectivity index (χ0) is 11.7. The minimum atomic E-state index is -1.13. The van der Waals surface area contributed by atoms with Gasteiger partial charge in [0, 0.05) is 5.02 Å². The highest BCUT2D eigenvalue weighted by Crippen LogP contribution is 2.16. The molecule has 0 atom stereocenters. The van der Waals surface area contributed by atoms with Crippen molar-refractivity contribution in [3.8, 4) is 5.69 Å². The molecule has 1 N–H and O–H groups in total. The number of rotatable bonds is 2. The number of carbonyl (C=O) groups is 1. The first-order valence-corrected chi connectivity index (χ1v) is 5.37. The number of hydrogen-bond acceptors (Lipinski definition) is 3. The van der Waals surface area contributed by atoms with Gasteiger partial charge in [-0.2, -0.15) is 0 Å². The first-order chi connectivity index (χ1) is 7.58. The molecule has 1 aromatic heterocycles. The lowest BCUT2D eigenvalue weighted by Gasteiger charge is -1.97. The van der Waals surface area contributed by atoms with Gasteiger partial charge in [0.15, 0.2) is 4.60 Å². The number of nitrogens with zero attached hydrogens (tertiary/aromatic N) is 3. The van der Waals surface area contributed by atoms with Crippen molar-refractivity contribution >= 4 is 33.5 Å². The van der Waals surface area contributed by atoms with Crippen LogP contribution in [0.1, 0.15) is 10.5 Å². The van der Waals surface area contributed by atoms with Crippen LogP contribution in [0.15, 0.2) is 28.9 Å². The smallest absolute Gasteiger partial charge is 0.359 e. The summed E-state index contributed by atoms with van der Waals surface area (Å²) >= 11 is 8.76. The number of hydrogen-bond donors (Lipinski definition) is 1. The van der Waals surface area contributed by atoms with Crippen LogP contribution in [0.25, 0.3) is 5.69 Å². The SMILES string of the molecule is O=C(O)c1nn(-c2ccc(Cl)cc2)nc1Br. The van der Waals surface area contributed by atoms with Crippen LogP contribution in [0.3, 0.4) is 0 Å². The molecular formula is C9H5BrClN3O2. The molecule has 0 aliphatic rings. The van der Waals surface area contributed by atoms with E-state index in [-0.39, 0.29) is 10.3 Å². The van der Waals surface area contributed by atoms with Gasteiger partial charge in [-0.25, -0.2) is 4.79 Å². The third-order valence-electron chi connectivity index (χ3n) is 1.83. The fourth-order valence-electron chi connectivity index (χ4n) is 1.11. The van der Waals surface area contributed by atoms with E-state index < -0.39 is 5.97 Å². The average Bonchev–Trinajstić information content (AvgIpc) is 2.61. The number of halogens is 2. The minimum Gasteiger partial charge on any atom is -0.476 e. The molecule has 1 aromatic carbocycles. The Labute approximate surface area is 104 Å². The Morgan fingerprint density at radius 1 is 1.31 bits per heavy atom. The van der Waals surface area contributed by atoms with Gasteiger partial charge in [0.05, 0.1) is 5.69 Å². The highest BCUT2D eigenvalue weighted by molar-refractivity contribution is 9.10. The van der Waals surface area contributed by atoms with Crippen molar-refractivity contribution in [2.24, 2.45) is 0 Å². The summed E-state index contributed by atoms with van der Waals surface area (Å²) in [6, 6.07) is 6.74. The predicted molar refractivity (Wildman–Crippen MR) is 61.0 cm³/mol. The molecule has 0 amide bonds. The third-order valence-corrected chi connectivity index (χ3v) is 2.62. The maximum atomic E-state index is 10.8. The fraction of sp³-hybridized carbons (Fsp3) is 0. The molecule has 0 saturated heterocycles. The molecule has 2 aromatic rings. The lowest BCUT2D eigenvalue weighted by atomic mass is 10.3. The van der Waals surface area contributed by atoms with Crippen molar-refractivity contribution in [2.45, 2.75) is 0 Å². The highest BCUT2D eigenvalue weighted by Gasteiger charge is 2.15. The summed E-state index contributed by atoms with van der Waals surface area (Å²) in [7, 11) is 0. The van der Waals surface area contributed by atoms with Crippen molar-refractivity contribution in [2.75, 3.05) is 0 Å². The molecule has 7 heteroatoms. The molecule has 0 aliphatic carbocycles. The topological polar surface area (TPSA) is 68.0 Å². The molecule has 0 bridgehead atoms. The van der Waals surface area contributed by atoms with E-state index in [2.05, 4.69) is 26.1 Å². The number of aromatic carboxylic acids is 1. The normalized spacial score (nSPS) is 10.4. The van der Waals surface area contributed by atoms with E-state index in [0.717, 1.165) is 0 Å². The van der Waals surface area contributed by atoms with E-state index >= 15 is 0 Å². The van der Waals surface area contributed by atoms with Crippen LogP contribution in [0.4, 0.5) is 0 Å². The second-order valence-corrected chi connectivity index (χ2v) is 4.10. The second-order valence-electron chi connectivity index (χ2n) is 2.91. The third kappa shape index (κ3) is 2.07. The molecular weight excluding hydrogens is 297 g/mol. The van der Waals surface area contributed by atoms with Gasteiger partial charge < -0.3 is 5.11 Å². The van der Waals surface area contributed by atoms with Gasteiger partial charge in [0.25, 0.3) is 0 Å². The van der Waals surface area contributed by atoms with Crippen molar-refractivity contribution in [3.05, 3.63) is 39.6 Å². The van der Waals surface area contributed by atoms with Crippen molar-refractivity contribution in [1.82, 2.24) is 15.0 Å². The number of benzene rings is 1. The number of carboxylic acid groups (broad SMARTS) is 1. The van der Waals surface area contributed by atoms with Crippen molar-refractivity contribution in [3.63, 3.8) is 0 Å². The molecule has 2 rings (SSSR count). The van der Waals surface area contributed by atoms with Gasteiger partial charge in [0.1, 0.15) is 0 Å². The first kappa shape index (κ1) is 11.1. The Bertz CT molecular complexity index is 538. The molecule has 0 radical (unpaired) electrons.